The maximum Gasteiger partial charge on any atom is 0.213 e. The van der Waals surface area contributed by atoms with E-state index in [0.29, 0.717) is 24.4 Å². The predicted octanol–water partition coefficient (Wildman–Crippen LogP) is 2.31. The van der Waals surface area contributed by atoms with Gasteiger partial charge < -0.3 is 10.1 Å². The molecule has 0 radical (unpaired) electrons. The molecule has 1 aromatic heterocycles. The zero-order chi connectivity index (χ0) is 13.0. The Morgan fingerprint density at radius 1 is 1.61 bits per heavy atom. The Morgan fingerprint density at radius 2 is 2.44 bits per heavy atom. The van der Waals surface area contributed by atoms with Gasteiger partial charge in [0.15, 0.2) is 5.17 Å². The lowest BCUT2D eigenvalue weighted by Gasteiger charge is -2.13. The molecule has 0 amide bonds. The molecular formula is C13H19N3OS. The van der Waals surface area contributed by atoms with E-state index in [-0.39, 0.29) is 0 Å². The van der Waals surface area contributed by atoms with Gasteiger partial charge in [0, 0.05) is 24.1 Å². The van der Waals surface area contributed by atoms with Crippen LogP contribution in [-0.4, -0.2) is 29.1 Å². The monoisotopic (exact) mass is 265 g/mol. The summed E-state index contributed by atoms with van der Waals surface area (Å²) in [5.74, 6) is 2.39. The van der Waals surface area contributed by atoms with Crippen LogP contribution in [0.15, 0.2) is 23.3 Å². The van der Waals surface area contributed by atoms with E-state index in [4.69, 9.17) is 4.74 Å². The van der Waals surface area contributed by atoms with Crippen molar-refractivity contribution >= 4 is 16.9 Å². The molecule has 0 saturated carbocycles. The van der Waals surface area contributed by atoms with Crippen LogP contribution in [0.5, 0.6) is 5.88 Å². The van der Waals surface area contributed by atoms with Gasteiger partial charge in [-0.2, -0.15) is 0 Å². The Labute approximate surface area is 112 Å². The Kier molecular flexibility index (Phi) is 4.47. The molecule has 1 saturated heterocycles. The van der Waals surface area contributed by atoms with E-state index in [1.807, 2.05) is 12.1 Å². The van der Waals surface area contributed by atoms with Gasteiger partial charge in [-0.1, -0.05) is 25.6 Å². The topological polar surface area (TPSA) is 46.5 Å². The van der Waals surface area contributed by atoms with Crippen molar-refractivity contribution in [3.05, 3.63) is 23.9 Å². The summed E-state index contributed by atoms with van der Waals surface area (Å²) in [5, 5.41) is 4.50. The number of hydrogen-bond acceptors (Lipinski definition) is 4. The van der Waals surface area contributed by atoms with Gasteiger partial charge in [-0.15, -0.1) is 0 Å². The number of methoxy groups -OCH3 is 1. The molecule has 2 rings (SSSR count). The van der Waals surface area contributed by atoms with Gasteiger partial charge in [-0.05, 0) is 17.5 Å². The van der Waals surface area contributed by atoms with Crippen molar-refractivity contribution < 1.29 is 4.74 Å². The van der Waals surface area contributed by atoms with Gasteiger partial charge in [0.1, 0.15) is 0 Å². The highest BCUT2D eigenvalue weighted by molar-refractivity contribution is 8.14. The van der Waals surface area contributed by atoms with Gasteiger partial charge in [0.05, 0.1) is 13.7 Å². The molecule has 18 heavy (non-hydrogen) atoms. The van der Waals surface area contributed by atoms with E-state index < -0.39 is 0 Å². The molecule has 5 heteroatoms. The number of thioether (sulfide) groups is 1. The molecule has 4 nitrogen and oxygen atoms in total. The molecule has 1 aliphatic heterocycles. The van der Waals surface area contributed by atoms with Gasteiger partial charge in [0.2, 0.25) is 5.88 Å². The first kappa shape index (κ1) is 13.2. The summed E-state index contributed by atoms with van der Waals surface area (Å²) in [5.41, 5.74) is 1.12. The van der Waals surface area contributed by atoms with Crippen molar-refractivity contribution in [2.45, 2.75) is 26.4 Å². The van der Waals surface area contributed by atoms with Crippen molar-refractivity contribution in [2.24, 2.45) is 10.9 Å². The third-order valence-electron chi connectivity index (χ3n) is 2.93. The largest absolute Gasteiger partial charge is 0.481 e. The second-order valence-electron chi connectivity index (χ2n) is 4.63. The van der Waals surface area contributed by atoms with Crippen molar-refractivity contribution in [1.29, 1.82) is 0 Å². The van der Waals surface area contributed by atoms with Crippen LogP contribution >= 0.6 is 11.8 Å². The van der Waals surface area contributed by atoms with Crippen molar-refractivity contribution in [3.8, 4) is 5.88 Å². The van der Waals surface area contributed by atoms with Gasteiger partial charge >= 0.3 is 0 Å². The Balaban J connectivity index is 1.94. The minimum atomic E-state index is 0.542. The second-order valence-corrected chi connectivity index (χ2v) is 5.64. The zero-order valence-corrected chi connectivity index (χ0v) is 11.8. The normalized spacial score (nSPS) is 21.3. The molecule has 1 N–H and O–H groups in total. The van der Waals surface area contributed by atoms with Crippen LogP contribution in [0, 0.1) is 5.92 Å². The first-order valence-corrected chi connectivity index (χ1v) is 7.10. The minimum Gasteiger partial charge on any atom is -0.481 e. The Bertz CT molecular complexity index is 434. The molecule has 1 atom stereocenters. The number of pyridine rings is 1. The molecule has 98 valence electrons. The molecule has 1 aliphatic rings. The van der Waals surface area contributed by atoms with E-state index in [9.17, 15) is 0 Å². The summed E-state index contributed by atoms with van der Waals surface area (Å²) in [4.78, 5) is 8.67. The molecule has 0 aromatic carbocycles. The third kappa shape index (κ3) is 3.38. The number of nitrogens with zero attached hydrogens (tertiary/aromatic N) is 2. The van der Waals surface area contributed by atoms with Crippen LogP contribution in [0.1, 0.15) is 19.4 Å². The average molecular weight is 265 g/mol. The van der Waals surface area contributed by atoms with Crippen LogP contribution in [0.4, 0.5) is 0 Å². The van der Waals surface area contributed by atoms with Gasteiger partial charge in [0.25, 0.3) is 0 Å². The zero-order valence-electron chi connectivity index (χ0n) is 11.0. The number of hydrogen-bond donors (Lipinski definition) is 1. The number of aromatic nitrogens is 1. The first-order valence-electron chi connectivity index (χ1n) is 6.11. The van der Waals surface area contributed by atoms with Crippen LogP contribution in [0.3, 0.4) is 0 Å². The van der Waals surface area contributed by atoms with E-state index in [1.54, 1.807) is 25.1 Å². The summed E-state index contributed by atoms with van der Waals surface area (Å²) < 4.78 is 5.09. The molecule has 1 fully saturated rings. The smallest absolute Gasteiger partial charge is 0.213 e. The molecular weight excluding hydrogens is 246 g/mol. The fraction of sp³-hybridized carbons (Fsp3) is 0.538. The molecule has 1 aromatic rings. The van der Waals surface area contributed by atoms with Crippen LogP contribution in [0.2, 0.25) is 0 Å². The predicted molar refractivity (Wildman–Crippen MR) is 76.1 cm³/mol. The number of rotatable bonds is 4. The molecule has 0 aliphatic carbocycles. The summed E-state index contributed by atoms with van der Waals surface area (Å²) in [6.45, 7) is 5.13. The summed E-state index contributed by atoms with van der Waals surface area (Å²) in [6, 6.07) is 4.43. The van der Waals surface area contributed by atoms with E-state index in [1.165, 1.54) is 0 Å². The highest BCUT2D eigenvalue weighted by Gasteiger charge is 2.22. The second kappa shape index (κ2) is 6.09. The van der Waals surface area contributed by atoms with E-state index in [2.05, 4.69) is 29.1 Å². The van der Waals surface area contributed by atoms with Crippen LogP contribution < -0.4 is 10.1 Å². The van der Waals surface area contributed by atoms with Crippen molar-refractivity contribution in [2.75, 3.05) is 12.9 Å². The lowest BCUT2D eigenvalue weighted by atomic mass is 10.1. The van der Waals surface area contributed by atoms with Gasteiger partial charge in [-0.25, -0.2) is 4.98 Å². The van der Waals surface area contributed by atoms with Gasteiger partial charge in [-0.3, -0.25) is 4.99 Å². The standard InChI is InChI=1S/C13H19N3OS/c1-9(2)11-8-18-13(16-11)15-7-10-4-5-14-12(6-10)17-3/h4-6,9,11H,7-8H2,1-3H3,(H,15,16)/t11-/m1/s1. The van der Waals surface area contributed by atoms with Crippen molar-refractivity contribution in [1.82, 2.24) is 10.3 Å². The highest BCUT2D eigenvalue weighted by atomic mass is 32.2. The lowest BCUT2D eigenvalue weighted by molar-refractivity contribution is 0.397. The van der Waals surface area contributed by atoms with Crippen LogP contribution in [0.25, 0.3) is 0 Å². The average Bonchev–Trinajstić information content (AvgIpc) is 2.85. The summed E-state index contributed by atoms with van der Waals surface area (Å²) in [6.07, 6.45) is 1.75. The summed E-state index contributed by atoms with van der Waals surface area (Å²) >= 11 is 1.80. The Hall–Kier alpha value is -1.23. The lowest BCUT2D eigenvalue weighted by Crippen LogP contribution is -2.31. The Morgan fingerprint density at radius 3 is 3.11 bits per heavy atom. The molecule has 0 bridgehead atoms. The first-order chi connectivity index (χ1) is 8.69. The van der Waals surface area contributed by atoms with E-state index in [0.717, 1.165) is 16.5 Å². The maximum absolute atomic E-state index is 5.09. The highest BCUT2D eigenvalue weighted by Crippen LogP contribution is 2.19. The number of amidine groups is 1. The number of aliphatic imine (C=N–C) groups is 1. The van der Waals surface area contributed by atoms with Crippen LogP contribution in [-0.2, 0) is 6.54 Å². The fourth-order valence-electron chi connectivity index (χ4n) is 1.68. The fourth-order valence-corrected chi connectivity index (χ4v) is 2.88. The minimum absolute atomic E-state index is 0.542. The SMILES string of the molecule is COc1cc(CN=C2N[C@@H](C(C)C)CS2)ccn1. The summed E-state index contributed by atoms with van der Waals surface area (Å²) in [7, 11) is 1.62. The number of nitrogens with one attached hydrogen (secondary N) is 1. The molecule has 0 spiro atoms. The molecule has 2 heterocycles. The quantitative estimate of drug-likeness (QED) is 0.907. The van der Waals surface area contributed by atoms with E-state index >= 15 is 0 Å². The maximum atomic E-state index is 5.09. The third-order valence-corrected chi connectivity index (χ3v) is 3.97. The molecule has 0 unspecified atom stereocenters. The number of ether oxygens (including phenoxy) is 1. The van der Waals surface area contributed by atoms with Crippen molar-refractivity contribution in [3.63, 3.8) is 0 Å².